The quantitative estimate of drug-likeness (QED) is 0.735. The Morgan fingerprint density at radius 2 is 2.05 bits per heavy atom. The van der Waals surface area contributed by atoms with E-state index in [1.165, 1.54) is 12.1 Å². The predicted octanol–water partition coefficient (Wildman–Crippen LogP) is 0.647. The number of amides is 2. The van der Waals surface area contributed by atoms with E-state index in [0.717, 1.165) is 6.07 Å². The second kappa shape index (κ2) is 6.28. The van der Waals surface area contributed by atoms with Crippen LogP contribution in [0.3, 0.4) is 0 Å². The highest BCUT2D eigenvalue weighted by Crippen LogP contribution is 2.16. The smallest absolute Gasteiger partial charge is 0.326 e. The van der Waals surface area contributed by atoms with Crippen molar-refractivity contribution in [2.75, 3.05) is 0 Å². The van der Waals surface area contributed by atoms with E-state index in [4.69, 9.17) is 10.8 Å². The molecule has 6 nitrogen and oxygen atoms in total. The number of halogens is 2. The minimum absolute atomic E-state index is 0.0593. The van der Waals surface area contributed by atoms with Gasteiger partial charge in [-0.1, -0.05) is 0 Å². The van der Waals surface area contributed by atoms with E-state index in [1.54, 1.807) is 0 Å². The van der Waals surface area contributed by atoms with E-state index >= 15 is 0 Å². The Bertz CT molecular complexity index is 535. The summed E-state index contributed by atoms with van der Waals surface area (Å²) in [7, 11) is 0. The van der Waals surface area contributed by atoms with Gasteiger partial charge in [-0.15, -0.1) is 0 Å². The SMILES string of the molecule is NC(=O)C[C@H](NC(=O)c1ccc(F)c(Br)c1)C(=O)O. The summed E-state index contributed by atoms with van der Waals surface area (Å²) in [5.74, 6) is -3.53. The third kappa shape index (κ3) is 4.32. The summed E-state index contributed by atoms with van der Waals surface area (Å²) in [6.07, 6.45) is -0.524. The first-order valence-electron chi connectivity index (χ1n) is 5.08. The van der Waals surface area contributed by atoms with Crippen LogP contribution in [0.4, 0.5) is 4.39 Å². The maximum absolute atomic E-state index is 13.0. The van der Waals surface area contributed by atoms with E-state index in [0.29, 0.717) is 0 Å². The third-order valence-corrected chi connectivity index (χ3v) is 2.80. The van der Waals surface area contributed by atoms with Crippen molar-refractivity contribution in [2.45, 2.75) is 12.5 Å². The Hall–Kier alpha value is -1.96. The number of primary amides is 1. The molecule has 1 aromatic rings. The van der Waals surface area contributed by atoms with Crippen LogP contribution in [0.2, 0.25) is 0 Å². The van der Waals surface area contributed by atoms with Crippen LogP contribution in [0.5, 0.6) is 0 Å². The van der Waals surface area contributed by atoms with Gasteiger partial charge in [0.15, 0.2) is 0 Å². The second-order valence-corrected chi connectivity index (χ2v) is 4.52. The summed E-state index contributed by atoms with van der Waals surface area (Å²) < 4.78 is 13.1. The van der Waals surface area contributed by atoms with Crippen molar-refractivity contribution in [2.24, 2.45) is 5.73 Å². The van der Waals surface area contributed by atoms with Crippen molar-refractivity contribution in [1.29, 1.82) is 0 Å². The Kier molecular flexibility index (Phi) is 4.99. The highest BCUT2D eigenvalue weighted by molar-refractivity contribution is 9.10. The minimum Gasteiger partial charge on any atom is -0.480 e. The zero-order valence-electron chi connectivity index (χ0n) is 9.52. The third-order valence-electron chi connectivity index (χ3n) is 2.19. The van der Waals surface area contributed by atoms with Crippen molar-refractivity contribution < 1.29 is 23.9 Å². The molecule has 0 unspecified atom stereocenters. The van der Waals surface area contributed by atoms with Crippen LogP contribution in [-0.4, -0.2) is 28.9 Å². The summed E-state index contributed by atoms with van der Waals surface area (Å²) in [5, 5.41) is 11.0. The molecule has 0 fully saturated rings. The molecule has 2 amide bonds. The Labute approximate surface area is 115 Å². The van der Waals surface area contributed by atoms with Crippen LogP contribution in [-0.2, 0) is 9.59 Å². The maximum atomic E-state index is 13.0. The Balaban J connectivity index is 2.84. The highest BCUT2D eigenvalue weighted by Gasteiger charge is 2.22. The molecule has 0 aliphatic rings. The fourth-order valence-corrected chi connectivity index (χ4v) is 1.66. The topological polar surface area (TPSA) is 109 Å². The number of aliphatic carboxylic acids is 1. The molecular formula is C11H10BrFN2O4. The largest absolute Gasteiger partial charge is 0.480 e. The number of carbonyl (C=O) groups is 3. The molecule has 1 rings (SSSR count). The van der Waals surface area contributed by atoms with Crippen LogP contribution < -0.4 is 11.1 Å². The summed E-state index contributed by atoms with van der Waals surface area (Å²) >= 11 is 2.90. The number of carboxylic acid groups (broad SMARTS) is 1. The van der Waals surface area contributed by atoms with E-state index in [-0.39, 0.29) is 10.0 Å². The van der Waals surface area contributed by atoms with Gasteiger partial charge in [-0.2, -0.15) is 0 Å². The summed E-state index contributed by atoms with van der Waals surface area (Å²) in [6, 6.07) is 2.03. The van der Waals surface area contributed by atoms with E-state index < -0.39 is 36.1 Å². The van der Waals surface area contributed by atoms with E-state index in [9.17, 15) is 18.8 Å². The van der Waals surface area contributed by atoms with Gasteiger partial charge in [0.25, 0.3) is 5.91 Å². The lowest BCUT2D eigenvalue weighted by atomic mass is 10.1. The molecule has 1 aromatic carbocycles. The second-order valence-electron chi connectivity index (χ2n) is 3.66. The van der Waals surface area contributed by atoms with Gasteiger partial charge in [-0.05, 0) is 34.1 Å². The molecule has 0 aromatic heterocycles. The minimum atomic E-state index is -1.42. The van der Waals surface area contributed by atoms with Gasteiger partial charge in [0.2, 0.25) is 5.91 Å². The first kappa shape index (κ1) is 15.1. The summed E-state index contributed by atoms with van der Waals surface area (Å²) in [4.78, 5) is 33.2. The molecule has 0 saturated carbocycles. The Morgan fingerprint density at radius 3 is 2.53 bits per heavy atom. The summed E-state index contributed by atoms with van der Waals surface area (Å²) in [6.45, 7) is 0. The van der Waals surface area contributed by atoms with Crippen LogP contribution in [0.25, 0.3) is 0 Å². The molecule has 0 bridgehead atoms. The first-order chi connectivity index (χ1) is 8.81. The zero-order valence-corrected chi connectivity index (χ0v) is 11.1. The van der Waals surface area contributed by atoms with Gasteiger partial charge in [-0.25, -0.2) is 9.18 Å². The standard InChI is InChI=1S/C11H10BrFN2O4/c12-6-3-5(1-2-7(6)13)10(17)15-8(11(18)19)4-9(14)16/h1-3,8H,4H2,(H2,14,16)(H,15,17)(H,18,19)/t8-/m0/s1. The van der Waals surface area contributed by atoms with Gasteiger partial charge in [0.05, 0.1) is 10.9 Å². The van der Waals surface area contributed by atoms with Crippen molar-refractivity contribution in [3.05, 3.63) is 34.1 Å². The van der Waals surface area contributed by atoms with Crippen molar-refractivity contribution >= 4 is 33.7 Å². The van der Waals surface area contributed by atoms with E-state index in [1.807, 2.05) is 0 Å². The van der Waals surface area contributed by atoms with Gasteiger partial charge in [0.1, 0.15) is 11.9 Å². The van der Waals surface area contributed by atoms with Gasteiger partial charge in [-0.3, -0.25) is 9.59 Å². The monoisotopic (exact) mass is 332 g/mol. The number of nitrogens with one attached hydrogen (secondary N) is 1. The van der Waals surface area contributed by atoms with Crippen molar-refractivity contribution in [1.82, 2.24) is 5.32 Å². The average Bonchev–Trinajstić information content (AvgIpc) is 2.31. The fraction of sp³-hybridized carbons (Fsp3) is 0.182. The molecule has 19 heavy (non-hydrogen) atoms. The van der Waals surface area contributed by atoms with Crippen LogP contribution in [0.15, 0.2) is 22.7 Å². The van der Waals surface area contributed by atoms with Crippen LogP contribution >= 0.6 is 15.9 Å². The number of nitrogens with two attached hydrogens (primary N) is 1. The van der Waals surface area contributed by atoms with Crippen molar-refractivity contribution in [3.8, 4) is 0 Å². The first-order valence-corrected chi connectivity index (χ1v) is 5.87. The average molecular weight is 333 g/mol. The van der Waals surface area contributed by atoms with E-state index in [2.05, 4.69) is 21.2 Å². The number of benzene rings is 1. The van der Waals surface area contributed by atoms with Crippen molar-refractivity contribution in [3.63, 3.8) is 0 Å². The summed E-state index contributed by atoms with van der Waals surface area (Å²) in [5.41, 5.74) is 4.94. The lowest BCUT2D eigenvalue weighted by molar-refractivity contribution is -0.140. The zero-order chi connectivity index (χ0) is 14.6. The number of carbonyl (C=O) groups excluding carboxylic acids is 2. The number of rotatable bonds is 5. The number of hydrogen-bond donors (Lipinski definition) is 3. The number of carboxylic acids is 1. The fourth-order valence-electron chi connectivity index (χ4n) is 1.28. The molecule has 102 valence electrons. The lowest BCUT2D eigenvalue weighted by Gasteiger charge is -2.12. The molecule has 0 aliphatic heterocycles. The number of hydrogen-bond acceptors (Lipinski definition) is 3. The van der Waals surface area contributed by atoms with Gasteiger partial charge >= 0.3 is 5.97 Å². The van der Waals surface area contributed by atoms with Gasteiger partial charge < -0.3 is 16.2 Å². The molecule has 1 atom stereocenters. The Morgan fingerprint density at radius 1 is 1.42 bits per heavy atom. The molecule has 0 saturated heterocycles. The lowest BCUT2D eigenvalue weighted by Crippen LogP contribution is -2.43. The molecule has 0 radical (unpaired) electrons. The normalized spacial score (nSPS) is 11.7. The van der Waals surface area contributed by atoms with Crippen LogP contribution in [0, 0.1) is 5.82 Å². The van der Waals surface area contributed by atoms with Crippen LogP contribution in [0.1, 0.15) is 16.8 Å². The molecule has 4 N–H and O–H groups in total. The molecule has 0 aliphatic carbocycles. The molecule has 0 heterocycles. The van der Waals surface area contributed by atoms with Gasteiger partial charge in [0, 0.05) is 5.56 Å². The maximum Gasteiger partial charge on any atom is 0.326 e. The predicted molar refractivity (Wildman–Crippen MR) is 66.8 cm³/mol. The molecular weight excluding hydrogens is 323 g/mol. The molecule has 0 spiro atoms. The molecule has 8 heteroatoms. The highest BCUT2D eigenvalue weighted by atomic mass is 79.9.